The van der Waals surface area contributed by atoms with E-state index in [1.165, 1.54) is 28.1 Å². The molecule has 0 unspecified atom stereocenters. The van der Waals surface area contributed by atoms with Crippen molar-refractivity contribution in [3.8, 4) is 0 Å². The minimum atomic E-state index is 1.04. The van der Waals surface area contributed by atoms with Crippen molar-refractivity contribution in [3.63, 3.8) is 0 Å². The molecule has 2 aromatic rings. The molecule has 19 heavy (non-hydrogen) atoms. The molecule has 1 aliphatic rings. The Labute approximate surface area is 119 Å². The molecule has 0 atom stereocenters. The minimum absolute atomic E-state index is 1.04. The highest BCUT2D eigenvalue weighted by atomic mass is 32.1. The molecule has 100 valence electrons. The number of hydrogen-bond donors (Lipinski definition) is 1. The van der Waals surface area contributed by atoms with Gasteiger partial charge in [-0.1, -0.05) is 25.1 Å². The lowest BCUT2D eigenvalue weighted by atomic mass is 10.1. The van der Waals surface area contributed by atoms with Crippen molar-refractivity contribution in [2.75, 3.05) is 18.4 Å². The van der Waals surface area contributed by atoms with E-state index in [1.807, 2.05) is 11.3 Å². The van der Waals surface area contributed by atoms with Crippen molar-refractivity contribution >= 4 is 17.0 Å². The van der Waals surface area contributed by atoms with Crippen molar-refractivity contribution < 1.29 is 0 Å². The zero-order valence-electron chi connectivity index (χ0n) is 11.4. The van der Waals surface area contributed by atoms with Gasteiger partial charge in [-0.2, -0.15) is 0 Å². The summed E-state index contributed by atoms with van der Waals surface area (Å²) in [6.45, 7) is 6.52. The lowest BCUT2D eigenvalue weighted by Crippen LogP contribution is -2.21. The van der Waals surface area contributed by atoms with Gasteiger partial charge in [0.1, 0.15) is 0 Å². The third-order valence-corrected chi connectivity index (χ3v) is 4.55. The van der Waals surface area contributed by atoms with Gasteiger partial charge in [-0.3, -0.25) is 4.90 Å². The van der Waals surface area contributed by atoms with Crippen molar-refractivity contribution in [1.82, 2.24) is 4.90 Å². The van der Waals surface area contributed by atoms with Crippen LogP contribution in [0, 0.1) is 0 Å². The topological polar surface area (TPSA) is 15.3 Å². The van der Waals surface area contributed by atoms with Gasteiger partial charge in [0.15, 0.2) is 0 Å². The largest absolute Gasteiger partial charge is 0.384 e. The lowest BCUT2D eigenvalue weighted by molar-refractivity contribution is 0.274. The molecular weight excluding hydrogens is 252 g/mol. The van der Waals surface area contributed by atoms with E-state index in [9.17, 15) is 0 Å². The van der Waals surface area contributed by atoms with Gasteiger partial charge in [-0.15, -0.1) is 11.3 Å². The number of nitrogens with one attached hydrogen (secondary N) is 1. The molecule has 1 N–H and O–H groups in total. The molecule has 1 aliphatic heterocycles. The van der Waals surface area contributed by atoms with Crippen LogP contribution in [0.5, 0.6) is 0 Å². The van der Waals surface area contributed by atoms with Crippen LogP contribution in [0.4, 0.5) is 5.69 Å². The second-order valence-corrected chi connectivity index (χ2v) is 6.08. The van der Waals surface area contributed by atoms with Gasteiger partial charge in [0, 0.05) is 30.2 Å². The fourth-order valence-corrected chi connectivity index (χ4v) is 3.36. The molecule has 1 aromatic carbocycles. The summed E-state index contributed by atoms with van der Waals surface area (Å²) >= 11 is 1.85. The molecule has 2 nitrogen and oxygen atoms in total. The van der Waals surface area contributed by atoms with Crippen LogP contribution in [0.2, 0.25) is 0 Å². The summed E-state index contributed by atoms with van der Waals surface area (Å²) in [7, 11) is 0. The van der Waals surface area contributed by atoms with Crippen LogP contribution in [0.1, 0.15) is 22.9 Å². The summed E-state index contributed by atoms with van der Waals surface area (Å²) in [5.41, 5.74) is 4.23. The highest BCUT2D eigenvalue weighted by Gasteiger charge is 2.11. The normalized spacial score (nSPS) is 13.6. The molecule has 3 rings (SSSR count). The van der Waals surface area contributed by atoms with Crippen LogP contribution >= 0.6 is 11.3 Å². The highest BCUT2D eigenvalue weighted by molar-refractivity contribution is 7.09. The Bertz CT molecular complexity index is 534. The monoisotopic (exact) mass is 272 g/mol. The maximum Gasteiger partial charge on any atom is 0.0373 e. The number of nitrogens with zero attached hydrogens (tertiary/aromatic N) is 1. The Hall–Kier alpha value is -1.32. The maximum absolute atomic E-state index is 3.42. The average Bonchev–Trinajstić information content (AvgIpc) is 3.08. The Morgan fingerprint density at radius 2 is 2.21 bits per heavy atom. The second-order valence-electron chi connectivity index (χ2n) is 5.05. The third-order valence-electron chi connectivity index (χ3n) is 3.69. The minimum Gasteiger partial charge on any atom is -0.384 e. The molecule has 0 spiro atoms. The summed E-state index contributed by atoms with van der Waals surface area (Å²) in [6, 6.07) is 11.2. The molecule has 3 heteroatoms. The molecule has 0 aliphatic carbocycles. The van der Waals surface area contributed by atoms with Crippen LogP contribution in [-0.2, 0) is 19.5 Å². The smallest absolute Gasteiger partial charge is 0.0373 e. The molecule has 0 amide bonds. The molecule has 2 heterocycles. The van der Waals surface area contributed by atoms with Crippen molar-refractivity contribution in [2.45, 2.75) is 26.4 Å². The lowest BCUT2D eigenvalue weighted by Gasteiger charge is -2.20. The van der Waals surface area contributed by atoms with Gasteiger partial charge in [-0.25, -0.2) is 0 Å². The Kier molecular flexibility index (Phi) is 3.85. The Morgan fingerprint density at radius 3 is 3.00 bits per heavy atom. The van der Waals surface area contributed by atoms with E-state index in [-0.39, 0.29) is 0 Å². The van der Waals surface area contributed by atoms with E-state index in [4.69, 9.17) is 0 Å². The summed E-state index contributed by atoms with van der Waals surface area (Å²) in [5.74, 6) is 0. The van der Waals surface area contributed by atoms with Crippen molar-refractivity contribution in [2.24, 2.45) is 0 Å². The van der Waals surface area contributed by atoms with Crippen LogP contribution in [-0.4, -0.2) is 18.0 Å². The number of thiophene rings is 1. The molecule has 0 fully saturated rings. The quantitative estimate of drug-likeness (QED) is 0.892. The first-order chi connectivity index (χ1) is 9.35. The van der Waals surface area contributed by atoms with Gasteiger partial charge in [0.2, 0.25) is 0 Å². The average molecular weight is 272 g/mol. The SMILES string of the molecule is CCN(Cc1ccc2c(c1)CCN2)Cc1cccs1. The first-order valence-corrected chi connectivity index (χ1v) is 7.83. The van der Waals surface area contributed by atoms with Gasteiger partial charge < -0.3 is 5.32 Å². The third kappa shape index (κ3) is 2.99. The van der Waals surface area contributed by atoms with E-state index in [0.717, 1.165) is 26.2 Å². The molecular formula is C16H20N2S. The number of hydrogen-bond acceptors (Lipinski definition) is 3. The summed E-state index contributed by atoms with van der Waals surface area (Å²) in [5, 5.41) is 5.58. The van der Waals surface area contributed by atoms with E-state index in [2.05, 4.69) is 52.9 Å². The molecule has 1 aromatic heterocycles. The zero-order valence-corrected chi connectivity index (χ0v) is 12.2. The summed E-state index contributed by atoms with van der Waals surface area (Å²) < 4.78 is 0. The zero-order chi connectivity index (χ0) is 13.1. The molecule has 0 bridgehead atoms. The van der Waals surface area contributed by atoms with Crippen LogP contribution in [0.15, 0.2) is 35.7 Å². The second kappa shape index (κ2) is 5.76. The van der Waals surface area contributed by atoms with E-state index < -0.39 is 0 Å². The number of benzene rings is 1. The molecule has 0 saturated heterocycles. The van der Waals surface area contributed by atoms with Gasteiger partial charge in [-0.05, 0) is 41.6 Å². The predicted octanol–water partition coefficient (Wildman–Crippen LogP) is 3.74. The first-order valence-electron chi connectivity index (χ1n) is 6.95. The van der Waals surface area contributed by atoms with Gasteiger partial charge in [0.05, 0.1) is 0 Å². The Morgan fingerprint density at radius 1 is 1.26 bits per heavy atom. The van der Waals surface area contributed by atoms with Gasteiger partial charge in [0.25, 0.3) is 0 Å². The van der Waals surface area contributed by atoms with Crippen LogP contribution in [0.3, 0.4) is 0 Å². The summed E-state index contributed by atoms with van der Waals surface area (Å²) in [6.07, 6.45) is 1.17. The number of anilines is 1. The first kappa shape index (κ1) is 12.7. The number of fused-ring (bicyclic) bond motifs is 1. The predicted molar refractivity (Wildman–Crippen MR) is 82.7 cm³/mol. The maximum atomic E-state index is 3.42. The van der Waals surface area contributed by atoms with Gasteiger partial charge >= 0.3 is 0 Å². The fourth-order valence-electron chi connectivity index (χ4n) is 2.62. The summed E-state index contributed by atoms with van der Waals surface area (Å²) in [4.78, 5) is 3.94. The highest BCUT2D eigenvalue weighted by Crippen LogP contribution is 2.24. The molecule has 0 saturated carbocycles. The fraction of sp³-hybridized carbons (Fsp3) is 0.375. The number of rotatable bonds is 5. The molecule has 0 radical (unpaired) electrons. The van der Waals surface area contributed by atoms with E-state index in [0.29, 0.717) is 0 Å². The van der Waals surface area contributed by atoms with Crippen LogP contribution < -0.4 is 5.32 Å². The Balaban J connectivity index is 1.68. The van der Waals surface area contributed by atoms with Crippen LogP contribution in [0.25, 0.3) is 0 Å². The van der Waals surface area contributed by atoms with Crippen molar-refractivity contribution in [3.05, 3.63) is 51.7 Å². The van der Waals surface area contributed by atoms with E-state index in [1.54, 1.807) is 0 Å². The van der Waals surface area contributed by atoms with E-state index >= 15 is 0 Å². The standard InChI is InChI=1S/C16H20N2S/c1-2-18(12-15-4-3-9-19-15)11-13-5-6-16-14(10-13)7-8-17-16/h3-6,9-10,17H,2,7-8,11-12H2,1H3. The van der Waals surface area contributed by atoms with Crippen molar-refractivity contribution in [1.29, 1.82) is 0 Å².